The van der Waals surface area contributed by atoms with Crippen molar-refractivity contribution in [3.05, 3.63) is 54.1 Å². The second-order valence-electron chi connectivity index (χ2n) is 4.69. The van der Waals surface area contributed by atoms with Gasteiger partial charge in [0.05, 0.1) is 0 Å². The van der Waals surface area contributed by atoms with Crippen molar-refractivity contribution in [1.82, 2.24) is 4.98 Å². The van der Waals surface area contributed by atoms with E-state index in [2.05, 4.69) is 10.3 Å². The van der Waals surface area contributed by atoms with Gasteiger partial charge < -0.3 is 16.0 Å². The number of fused-ring (bicyclic) bond motifs is 1. The van der Waals surface area contributed by atoms with E-state index in [1.807, 2.05) is 36.4 Å². The third-order valence-electron chi connectivity index (χ3n) is 3.33. The van der Waals surface area contributed by atoms with Crippen LogP contribution in [0.5, 0.6) is 0 Å². The van der Waals surface area contributed by atoms with E-state index < -0.39 is 5.91 Å². The molecule has 2 amide bonds. The first-order valence-corrected chi connectivity index (χ1v) is 6.40. The number of amides is 2. The Morgan fingerprint density at radius 3 is 2.52 bits per heavy atom. The van der Waals surface area contributed by atoms with Crippen molar-refractivity contribution >= 4 is 28.9 Å². The van der Waals surface area contributed by atoms with Gasteiger partial charge in [0, 0.05) is 27.8 Å². The third-order valence-corrected chi connectivity index (χ3v) is 3.33. The lowest BCUT2D eigenvalue weighted by atomic mass is 10.1. The summed E-state index contributed by atoms with van der Waals surface area (Å²) in [6.07, 6.45) is 0.642. The van der Waals surface area contributed by atoms with Crippen LogP contribution in [0.15, 0.2) is 48.5 Å². The van der Waals surface area contributed by atoms with Crippen molar-refractivity contribution in [3.63, 3.8) is 0 Å². The third kappa shape index (κ3) is 2.49. The SMILES string of the molecule is NC(=O)c1ccc2cc(-c3ccc(NC=O)cc3)[nH]c2c1. The molecule has 0 aliphatic carbocycles. The molecule has 3 aromatic rings. The number of rotatable bonds is 4. The molecule has 0 unspecified atom stereocenters. The van der Waals surface area contributed by atoms with Crippen molar-refractivity contribution in [1.29, 1.82) is 0 Å². The smallest absolute Gasteiger partial charge is 0.248 e. The molecule has 4 N–H and O–H groups in total. The fraction of sp³-hybridized carbons (Fsp3) is 0. The topological polar surface area (TPSA) is 88.0 Å². The highest BCUT2D eigenvalue weighted by atomic mass is 16.1. The lowest BCUT2D eigenvalue weighted by Gasteiger charge is -2.00. The highest BCUT2D eigenvalue weighted by Crippen LogP contribution is 2.25. The minimum absolute atomic E-state index is 0.447. The Labute approximate surface area is 120 Å². The van der Waals surface area contributed by atoms with Gasteiger partial charge in [0.1, 0.15) is 0 Å². The summed E-state index contributed by atoms with van der Waals surface area (Å²) in [4.78, 5) is 24.8. The molecular formula is C16H13N3O2. The van der Waals surface area contributed by atoms with E-state index in [1.54, 1.807) is 12.1 Å². The molecule has 0 saturated heterocycles. The lowest BCUT2D eigenvalue weighted by Crippen LogP contribution is -2.10. The summed E-state index contributed by atoms with van der Waals surface area (Å²) >= 11 is 0. The number of hydrogen-bond donors (Lipinski definition) is 3. The number of benzene rings is 2. The van der Waals surface area contributed by atoms with Crippen LogP contribution in [0.2, 0.25) is 0 Å². The number of carbonyl (C=O) groups excluding carboxylic acids is 2. The highest BCUT2D eigenvalue weighted by Gasteiger charge is 2.06. The first-order chi connectivity index (χ1) is 10.2. The van der Waals surface area contributed by atoms with Gasteiger partial charge in [-0.1, -0.05) is 18.2 Å². The number of carbonyl (C=O) groups is 2. The van der Waals surface area contributed by atoms with Gasteiger partial charge in [-0.05, 0) is 35.9 Å². The molecule has 1 aromatic heterocycles. The predicted molar refractivity (Wildman–Crippen MR) is 81.9 cm³/mol. The summed E-state index contributed by atoms with van der Waals surface area (Å²) in [5, 5.41) is 3.60. The predicted octanol–water partition coefficient (Wildman–Crippen LogP) is 2.50. The van der Waals surface area contributed by atoms with E-state index >= 15 is 0 Å². The molecule has 3 rings (SSSR count). The Morgan fingerprint density at radius 1 is 1.10 bits per heavy atom. The molecule has 0 bridgehead atoms. The molecule has 0 atom stereocenters. The number of nitrogens with one attached hydrogen (secondary N) is 2. The lowest BCUT2D eigenvalue weighted by molar-refractivity contribution is -0.105. The zero-order chi connectivity index (χ0) is 14.8. The number of anilines is 1. The Balaban J connectivity index is 2.00. The normalized spacial score (nSPS) is 10.5. The largest absolute Gasteiger partial charge is 0.366 e. The van der Waals surface area contributed by atoms with Crippen molar-refractivity contribution in [2.24, 2.45) is 5.73 Å². The van der Waals surface area contributed by atoms with Crippen molar-refractivity contribution in [2.45, 2.75) is 0 Å². The summed E-state index contributed by atoms with van der Waals surface area (Å²) in [5.74, 6) is -0.447. The standard InChI is InChI=1S/C16H13N3O2/c17-16(21)12-2-1-11-7-14(19-15(11)8-12)10-3-5-13(6-4-10)18-9-20/h1-9,19H,(H2,17,21)(H,18,20). The summed E-state index contributed by atoms with van der Waals surface area (Å²) < 4.78 is 0. The summed E-state index contributed by atoms with van der Waals surface area (Å²) in [6, 6.07) is 14.8. The van der Waals surface area contributed by atoms with Gasteiger partial charge in [-0.25, -0.2) is 0 Å². The van der Waals surface area contributed by atoms with Crippen molar-refractivity contribution in [2.75, 3.05) is 5.32 Å². The number of aromatic nitrogens is 1. The Morgan fingerprint density at radius 2 is 1.86 bits per heavy atom. The second kappa shape index (κ2) is 5.13. The zero-order valence-electron chi connectivity index (χ0n) is 11.1. The van der Waals surface area contributed by atoms with E-state index in [0.29, 0.717) is 12.0 Å². The maximum Gasteiger partial charge on any atom is 0.248 e. The molecule has 1 heterocycles. The first-order valence-electron chi connectivity index (χ1n) is 6.40. The van der Waals surface area contributed by atoms with Gasteiger partial charge in [-0.15, -0.1) is 0 Å². The van der Waals surface area contributed by atoms with E-state index in [1.165, 1.54) is 0 Å². The molecule has 0 saturated carbocycles. The average molecular weight is 279 g/mol. The number of aromatic amines is 1. The van der Waals surface area contributed by atoms with Gasteiger partial charge in [0.25, 0.3) is 0 Å². The van der Waals surface area contributed by atoms with Crippen LogP contribution >= 0.6 is 0 Å². The molecule has 0 aliphatic heterocycles. The maximum atomic E-state index is 11.2. The molecule has 0 fully saturated rings. The minimum Gasteiger partial charge on any atom is -0.366 e. The van der Waals surface area contributed by atoms with Gasteiger partial charge in [0.2, 0.25) is 12.3 Å². The van der Waals surface area contributed by atoms with Crippen LogP contribution in [-0.4, -0.2) is 17.3 Å². The molecular weight excluding hydrogens is 266 g/mol. The molecule has 0 aliphatic rings. The molecule has 2 aromatic carbocycles. The number of primary amides is 1. The van der Waals surface area contributed by atoms with Crippen LogP contribution in [0.4, 0.5) is 5.69 Å². The fourth-order valence-corrected chi connectivity index (χ4v) is 2.25. The zero-order valence-corrected chi connectivity index (χ0v) is 11.1. The number of nitrogens with two attached hydrogens (primary N) is 1. The minimum atomic E-state index is -0.447. The molecule has 104 valence electrons. The summed E-state index contributed by atoms with van der Waals surface area (Å²) in [6.45, 7) is 0. The van der Waals surface area contributed by atoms with Gasteiger partial charge in [-0.3, -0.25) is 9.59 Å². The summed E-state index contributed by atoms with van der Waals surface area (Å²) in [5.41, 5.74) is 9.27. The quantitative estimate of drug-likeness (QED) is 0.641. The highest BCUT2D eigenvalue weighted by molar-refractivity contribution is 5.97. The average Bonchev–Trinajstić information content (AvgIpc) is 2.91. The van der Waals surface area contributed by atoms with E-state index in [0.717, 1.165) is 27.8 Å². The van der Waals surface area contributed by atoms with Crippen LogP contribution in [0.1, 0.15) is 10.4 Å². The van der Waals surface area contributed by atoms with Crippen molar-refractivity contribution < 1.29 is 9.59 Å². The van der Waals surface area contributed by atoms with Crippen LogP contribution in [0.25, 0.3) is 22.2 Å². The molecule has 5 heteroatoms. The number of hydrogen-bond acceptors (Lipinski definition) is 2. The second-order valence-corrected chi connectivity index (χ2v) is 4.69. The van der Waals surface area contributed by atoms with Gasteiger partial charge in [-0.2, -0.15) is 0 Å². The molecule has 5 nitrogen and oxygen atoms in total. The van der Waals surface area contributed by atoms with Crippen LogP contribution < -0.4 is 11.1 Å². The molecule has 0 spiro atoms. The van der Waals surface area contributed by atoms with Crippen LogP contribution in [0.3, 0.4) is 0 Å². The Kier molecular flexibility index (Phi) is 3.16. The Bertz CT molecular complexity index is 819. The van der Waals surface area contributed by atoms with Gasteiger partial charge in [0.15, 0.2) is 0 Å². The fourth-order valence-electron chi connectivity index (χ4n) is 2.25. The van der Waals surface area contributed by atoms with Crippen LogP contribution in [0, 0.1) is 0 Å². The summed E-state index contributed by atoms with van der Waals surface area (Å²) in [7, 11) is 0. The Hall–Kier alpha value is -3.08. The first kappa shape index (κ1) is 12.9. The van der Waals surface area contributed by atoms with E-state index in [9.17, 15) is 9.59 Å². The van der Waals surface area contributed by atoms with Crippen molar-refractivity contribution in [3.8, 4) is 11.3 Å². The maximum absolute atomic E-state index is 11.2. The van der Waals surface area contributed by atoms with E-state index in [4.69, 9.17) is 5.73 Å². The number of H-pyrrole nitrogens is 1. The van der Waals surface area contributed by atoms with Crippen LogP contribution in [-0.2, 0) is 4.79 Å². The molecule has 21 heavy (non-hydrogen) atoms. The van der Waals surface area contributed by atoms with E-state index in [-0.39, 0.29) is 0 Å². The van der Waals surface area contributed by atoms with Gasteiger partial charge >= 0.3 is 0 Å². The molecule has 0 radical (unpaired) electrons. The monoisotopic (exact) mass is 279 g/mol.